The van der Waals surface area contributed by atoms with Crippen LogP contribution in [0.4, 0.5) is 0 Å². The minimum atomic E-state index is 0.238. The largest absolute Gasteiger partial charge is 0.379 e. The van der Waals surface area contributed by atoms with Crippen molar-refractivity contribution in [3.05, 3.63) is 22.4 Å². The predicted octanol–water partition coefficient (Wildman–Crippen LogP) is 2.82. The van der Waals surface area contributed by atoms with Crippen LogP contribution in [0.5, 0.6) is 0 Å². The number of nitrogens with zero attached hydrogens (tertiary/aromatic N) is 1. The second kappa shape index (κ2) is 8.09. The number of carbonyl (C=O) groups excluding carboxylic acids is 1. The van der Waals surface area contributed by atoms with Crippen LogP contribution in [0.15, 0.2) is 16.8 Å². The average Bonchev–Trinajstić information content (AvgIpc) is 3.11. The Balaban J connectivity index is 1.58. The van der Waals surface area contributed by atoms with Crippen LogP contribution in [0.2, 0.25) is 0 Å². The smallest absolute Gasteiger partial charge is 0.223 e. The van der Waals surface area contributed by atoms with E-state index in [-0.39, 0.29) is 17.9 Å². The number of thiophene rings is 1. The summed E-state index contributed by atoms with van der Waals surface area (Å²) in [7, 11) is 0. The summed E-state index contributed by atoms with van der Waals surface area (Å²) < 4.78 is 5.46. The topological polar surface area (TPSA) is 41.6 Å². The van der Waals surface area contributed by atoms with Crippen LogP contribution in [-0.4, -0.2) is 43.7 Å². The van der Waals surface area contributed by atoms with E-state index >= 15 is 0 Å². The van der Waals surface area contributed by atoms with E-state index in [1.165, 1.54) is 24.8 Å². The molecule has 2 aliphatic rings. The fourth-order valence-electron chi connectivity index (χ4n) is 3.52. The number of rotatable bonds is 5. The molecular formula is C17H26N2O2S. The maximum Gasteiger partial charge on any atom is 0.223 e. The third-order valence-electron chi connectivity index (χ3n) is 4.86. The molecule has 0 aromatic carbocycles. The molecule has 4 nitrogen and oxygen atoms in total. The fourth-order valence-corrected chi connectivity index (χ4v) is 4.22. The summed E-state index contributed by atoms with van der Waals surface area (Å²) in [6.07, 6.45) is 5.82. The molecule has 1 saturated heterocycles. The van der Waals surface area contributed by atoms with E-state index in [1.54, 1.807) is 11.3 Å². The Hall–Kier alpha value is -0.910. The molecule has 5 heteroatoms. The van der Waals surface area contributed by atoms with E-state index in [4.69, 9.17) is 4.74 Å². The maximum atomic E-state index is 12.4. The lowest BCUT2D eigenvalue weighted by atomic mass is 9.88. The highest BCUT2D eigenvalue weighted by molar-refractivity contribution is 7.07. The van der Waals surface area contributed by atoms with Gasteiger partial charge in [0.25, 0.3) is 0 Å². The van der Waals surface area contributed by atoms with Gasteiger partial charge in [0.05, 0.1) is 19.3 Å². The lowest BCUT2D eigenvalue weighted by molar-refractivity contribution is -0.126. The standard InChI is InChI=1S/C17H26N2O2S/c20-17(14-4-2-1-3-5-14)18-12-16(15-6-11-22-13-15)19-7-9-21-10-8-19/h6,11,13-14,16H,1-5,7-10,12H2,(H,18,20). The molecule has 1 amide bonds. The quantitative estimate of drug-likeness (QED) is 0.906. The van der Waals surface area contributed by atoms with Crippen molar-refractivity contribution in [2.45, 2.75) is 38.1 Å². The first-order chi connectivity index (χ1) is 10.8. The van der Waals surface area contributed by atoms with Gasteiger partial charge in [-0.1, -0.05) is 19.3 Å². The molecule has 122 valence electrons. The summed E-state index contributed by atoms with van der Waals surface area (Å²) in [4.78, 5) is 14.8. The van der Waals surface area contributed by atoms with E-state index in [9.17, 15) is 4.79 Å². The molecule has 2 fully saturated rings. The first-order valence-corrected chi connectivity index (χ1v) is 9.40. The predicted molar refractivity (Wildman–Crippen MR) is 89.0 cm³/mol. The summed E-state index contributed by atoms with van der Waals surface area (Å²) in [6.45, 7) is 4.18. The minimum absolute atomic E-state index is 0.238. The maximum absolute atomic E-state index is 12.4. The number of hydrogen-bond acceptors (Lipinski definition) is 4. The van der Waals surface area contributed by atoms with Crippen LogP contribution in [0.25, 0.3) is 0 Å². The molecule has 0 bridgehead atoms. The monoisotopic (exact) mass is 322 g/mol. The Morgan fingerprint density at radius 2 is 2.09 bits per heavy atom. The molecule has 3 rings (SSSR count). The second-order valence-electron chi connectivity index (χ2n) is 6.30. The van der Waals surface area contributed by atoms with Gasteiger partial charge < -0.3 is 10.1 Å². The van der Waals surface area contributed by atoms with Crippen molar-refractivity contribution < 1.29 is 9.53 Å². The molecule has 1 aliphatic heterocycles. The van der Waals surface area contributed by atoms with Crippen molar-refractivity contribution in [1.82, 2.24) is 10.2 Å². The zero-order valence-electron chi connectivity index (χ0n) is 13.1. The van der Waals surface area contributed by atoms with Gasteiger partial charge in [-0.15, -0.1) is 0 Å². The molecule has 2 heterocycles. The Labute approximate surface area is 136 Å². The molecule has 0 spiro atoms. The number of morpholine rings is 1. The van der Waals surface area contributed by atoms with Crippen LogP contribution < -0.4 is 5.32 Å². The Kier molecular flexibility index (Phi) is 5.87. The third-order valence-corrected chi connectivity index (χ3v) is 5.56. The summed E-state index contributed by atoms with van der Waals surface area (Å²) >= 11 is 1.72. The van der Waals surface area contributed by atoms with E-state index in [2.05, 4.69) is 27.0 Å². The van der Waals surface area contributed by atoms with Gasteiger partial charge >= 0.3 is 0 Å². The van der Waals surface area contributed by atoms with Crippen LogP contribution in [0.3, 0.4) is 0 Å². The van der Waals surface area contributed by atoms with Crippen molar-refractivity contribution in [3.8, 4) is 0 Å². The van der Waals surface area contributed by atoms with Gasteiger partial charge in [0.2, 0.25) is 5.91 Å². The normalized spacial score (nSPS) is 22.4. The number of carbonyl (C=O) groups is 1. The summed E-state index contributed by atoms with van der Waals surface area (Å²) in [5, 5.41) is 7.54. The number of hydrogen-bond donors (Lipinski definition) is 1. The van der Waals surface area contributed by atoms with Gasteiger partial charge in [0.15, 0.2) is 0 Å². The van der Waals surface area contributed by atoms with Crippen LogP contribution in [0, 0.1) is 5.92 Å². The Bertz CT molecular complexity index is 451. The molecule has 1 atom stereocenters. The first-order valence-electron chi connectivity index (χ1n) is 8.46. The van der Waals surface area contributed by atoms with Gasteiger partial charge in [0, 0.05) is 25.6 Å². The highest BCUT2D eigenvalue weighted by Gasteiger charge is 2.26. The molecule has 0 radical (unpaired) electrons. The first kappa shape index (κ1) is 16.0. The number of amides is 1. The van der Waals surface area contributed by atoms with Crippen LogP contribution in [-0.2, 0) is 9.53 Å². The molecule has 1 aliphatic carbocycles. The van der Waals surface area contributed by atoms with Gasteiger partial charge in [0.1, 0.15) is 0 Å². The van der Waals surface area contributed by atoms with E-state index < -0.39 is 0 Å². The molecule has 1 saturated carbocycles. The van der Waals surface area contributed by atoms with Crippen LogP contribution >= 0.6 is 11.3 Å². The summed E-state index contributed by atoms with van der Waals surface area (Å²) in [6, 6.07) is 2.46. The molecule has 1 aromatic heterocycles. The van der Waals surface area contributed by atoms with Crippen LogP contribution in [0.1, 0.15) is 43.7 Å². The number of nitrogens with one attached hydrogen (secondary N) is 1. The van der Waals surface area contributed by atoms with Crippen molar-refractivity contribution in [2.75, 3.05) is 32.8 Å². The van der Waals surface area contributed by atoms with Crippen molar-refractivity contribution in [2.24, 2.45) is 5.92 Å². The van der Waals surface area contributed by atoms with Crippen molar-refractivity contribution in [1.29, 1.82) is 0 Å². The average molecular weight is 322 g/mol. The molecular weight excluding hydrogens is 296 g/mol. The molecule has 1 aromatic rings. The number of ether oxygens (including phenoxy) is 1. The van der Waals surface area contributed by atoms with E-state index in [0.29, 0.717) is 6.54 Å². The van der Waals surface area contributed by atoms with Crippen molar-refractivity contribution in [3.63, 3.8) is 0 Å². The molecule has 1 N–H and O–H groups in total. The summed E-state index contributed by atoms with van der Waals surface area (Å²) in [5.41, 5.74) is 1.32. The van der Waals surface area contributed by atoms with Crippen molar-refractivity contribution >= 4 is 17.2 Å². The van der Waals surface area contributed by atoms with Gasteiger partial charge in [-0.3, -0.25) is 9.69 Å². The lowest BCUT2D eigenvalue weighted by Gasteiger charge is -2.34. The molecule has 1 unspecified atom stereocenters. The van der Waals surface area contributed by atoms with Gasteiger partial charge in [-0.2, -0.15) is 11.3 Å². The van der Waals surface area contributed by atoms with E-state index in [1.807, 2.05) is 0 Å². The minimum Gasteiger partial charge on any atom is -0.379 e. The lowest BCUT2D eigenvalue weighted by Crippen LogP contribution is -2.44. The Morgan fingerprint density at radius 1 is 1.32 bits per heavy atom. The highest BCUT2D eigenvalue weighted by Crippen LogP contribution is 2.26. The zero-order chi connectivity index (χ0) is 15.2. The van der Waals surface area contributed by atoms with E-state index in [0.717, 1.165) is 39.1 Å². The molecule has 22 heavy (non-hydrogen) atoms. The fraction of sp³-hybridized carbons (Fsp3) is 0.706. The Morgan fingerprint density at radius 3 is 2.77 bits per heavy atom. The zero-order valence-corrected chi connectivity index (χ0v) is 13.9. The summed E-state index contributed by atoms with van der Waals surface area (Å²) in [5.74, 6) is 0.495. The second-order valence-corrected chi connectivity index (χ2v) is 7.08. The SMILES string of the molecule is O=C(NCC(c1ccsc1)N1CCOCC1)C1CCCCC1. The third kappa shape index (κ3) is 4.09. The van der Waals surface area contributed by atoms with Gasteiger partial charge in [-0.05, 0) is 35.2 Å². The van der Waals surface area contributed by atoms with Gasteiger partial charge in [-0.25, -0.2) is 0 Å². The highest BCUT2D eigenvalue weighted by atomic mass is 32.1.